The van der Waals surface area contributed by atoms with E-state index >= 15 is 0 Å². The maximum atomic E-state index is 8.88. The summed E-state index contributed by atoms with van der Waals surface area (Å²) in [7, 11) is 0. The third kappa shape index (κ3) is 3.48. The van der Waals surface area contributed by atoms with E-state index in [2.05, 4.69) is 0 Å². The fraction of sp³-hybridized carbons (Fsp3) is 0.500. The number of benzene rings is 1. The molecule has 1 aromatic rings. The Bertz CT molecular complexity index is 339. The van der Waals surface area contributed by atoms with Crippen molar-refractivity contribution in [2.75, 3.05) is 19.8 Å². The van der Waals surface area contributed by atoms with Gasteiger partial charge >= 0.3 is 0 Å². The third-order valence-electron chi connectivity index (χ3n) is 2.47. The molecule has 4 heteroatoms. The summed E-state index contributed by atoms with van der Waals surface area (Å²) in [6, 6.07) is 7.58. The largest absolute Gasteiger partial charge is 0.491 e. The number of aliphatic hydroxyl groups excluding tert-OH is 1. The first-order valence-electron chi connectivity index (χ1n) is 5.47. The molecule has 16 heavy (non-hydrogen) atoms. The predicted octanol–water partition coefficient (Wildman–Crippen LogP) is 0.326. The minimum absolute atomic E-state index is 0.000991. The van der Waals surface area contributed by atoms with E-state index in [1.807, 2.05) is 24.3 Å². The molecule has 1 aromatic carbocycles. The summed E-state index contributed by atoms with van der Waals surface area (Å²) in [5.41, 5.74) is 6.76. The number of nitrogens with two attached hydrogens (primary N) is 1. The van der Waals surface area contributed by atoms with Crippen LogP contribution in [0.1, 0.15) is 5.56 Å². The van der Waals surface area contributed by atoms with E-state index in [1.165, 1.54) is 0 Å². The van der Waals surface area contributed by atoms with Gasteiger partial charge in [0, 0.05) is 6.04 Å². The molecule has 2 atom stereocenters. The van der Waals surface area contributed by atoms with Crippen LogP contribution < -0.4 is 10.5 Å². The summed E-state index contributed by atoms with van der Waals surface area (Å²) in [5, 5.41) is 8.88. The zero-order valence-corrected chi connectivity index (χ0v) is 9.13. The molecule has 0 radical (unpaired) electrons. The second-order valence-electron chi connectivity index (χ2n) is 4.06. The van der Waals surface area contributed by atoms with Gasteiger partial charge < -0.3 is 20.3 Å². The Balaban J connectivity index is 1.89. The summed E-state index contributed by atoms with van der Waals surface area (Å²) < 4.78 is 10.6. The molecule has 0 aliphatic carbocycles. The molecular formula is C12H17NO3. The maximum Gasteiger partial charge on any atom is 0.119 e. The average Bonchev–Trinajstić information content (AvgIpc) is 3.10. The monoisotopic (exact) mass is 223 g/mol. The van der Waals surface area contributed by atoms with Crippen LogP contribution in [0, 0.1) is 0 Å². The van der Waals surface area contributed by atoms with Crippen LogP contribution in [0.2, 0.25) is 0 Å². The predicted molar refractivity (Wildman–Crippen MR) is 60.4 cm³/mol. The van der Waals surface area contributed by atoms with Crippen molar-refractivity contribution in [3.8, 4) is 5.75 Å². The van der Waals surface area contributed by atoms with Crippen LogP contribution in [0.25, 0.3) is 0 Å². The topological polar surface area (TPSA) is 68.0 Å². The zero-order chi connectivity index (χ0) is 11.4. The van der Waals surface area contributed by atoms with Crippen LogP contribution in [-0.4, -0.2) is 37.1 Å². The van der Waals surface area contributed by atoms with Crippen LogP contribution in [0.4, 0.5) is 0 Å². The molecule has 0 spiro atoms. The number of rotatable bonds is 6. The maximum absolute atomic E-state index is 8.88. The van der Waals surface area contributed by atoms with Crippen molar-refractivity contribution in [2.24, 2.45) is 5.73 Å². The van der Waals surface area contributed by atoms with Gasteiger partial charge in [0.1, 0.15) is 18.5 Å². The first-order valence-corrected chi connectivity index (χ1v) is 5.47. The molecule has 1 aliphatic rings. The standard InChI is InChI=1S/C12H17NO3/c13-10(6-14)4-9-2-1-3-11(5-9)15-7-12-8-16-12/h1-3,5,10,12,14H,4,6-8,13H2. The molecule has 1 heterocycles. The van der Waals surface area contributed by atoms with E-state index in [-0.39, 0.29) is 18.8 Å². The Hall–Kier alpha value is -1.10. The van der Waals surface area contributed by atoms with E-state index in [9.17, 15) is 0 Å². The van der Waals surface area contributed by atoms with E-state index in [1.54, 1.807) is 0 Å². The minimum atomic E-state index is -0.206. The molecule has 3 N–H and O–H groups in total. The van der Waals surface area contributed by atoms with Crippen molar-refractivity contribution >= 4 is 0 Å². The Morgan fingerprint density at radius 2 is 2.38 bits per heavy atom. The minimum Gasteiger partial charge on any atom is -0.491 e. The van der Waals surface area contributed by atoms with Crippen LogP contribution in [-0.2, 0) is 11.2 Å². The molecule has 1 saturated heterocycles. The van der Waals surface area contributed by atoms with Gasteiger partial charge in [-0.25, -0.2) is 0 Å². The molecule has 0 amide bonds. The Kier molecular flexibility index (Phi) is 3.77. The molecule has 0 saturated carbocycles. The van der Waals surface area contributed by atoms with Crippen LogP contribution in [0.3, 0.4) is 0 Å². The molecule has 2 unspecified atom stereocenters. The van der Waals surface area contributed by atoms with Gasteiger partial charge in [0.2, 0.25) is 0 Å². The summed E-state index contributed by atoms with van der Waals surface area (Å²) in [6.45, 7) is 1.41. The fourth-order valence-corrected chi connectivity index (χ4v) is 1.48. The van der Waals surface area contributed by atoms with E-state index < -0.39 is 0 Å². The molecule has 88 valence electrons. The van der Waals surface area contributed by atoms with E-state index in [0.717, 1.165) is 17.9 Å². The van der Waals surface area contributed by atoms with Crippen molar-refractivity contribution in [2.45, 2.75) is 18.6 Å². The number of epoxide rings is 1. The Morgan fingerprint density at radius 3 is 3.06 bits per heavy atom. The van der Waals surface area contributed by atoms with Gasteiger partial charge in [-0.2, -0.15) is 0 Å². The number of ether oxygens (including phenoxy) is 2. The smallest absolute Gasteiger partial charge is 0.119 e. The van der Waals surface area contributed by atoms with Crippen LogP contribution in [0.5, 0.6) is 5.75 Å². The highest BCUT2D eigenvalue weighted by Crippen LogP contribution is 2.17. The SMILES string of the molecule is NC(CO)Cc1cccc(OCC2CO2)c1. The molecule has 1 aliphatic heterocycles. The van der Waals surface area contributed by atoms with Gasteiger partial charge in [-0.15, -0.1) is 0 Å². The molecule has 2 rings (SSSR count). The lowest BCUT2D eigenvalue weighted by Crippen LogP contribution is -2.26. The van der Waals surface area contributed by atoms with E-state index in [0.29, 0.717) is 13.0 Å². The summed E-state index contributed by atoms with van der Waals surface area (Å²) in [5.74, 6) is 0.832. The van der Waals surface area contributed by atoms with E-state index in [4.69, 9.17) is 20.3 Å². The molecule has 0 bridgehead atoms. The molecule has 1 fully saturated rings. The summed E-state index contributed by atoms with van der Waals surface area (Å²) >= 11 is 0. The molecule has 0 aromatic heterocycles. The van der Waals surface area contributed by atoms with Crippen molar-refractivity contribution in [3.63, 3.8) is 0 Å². The average molecular weight is 223 g/mol. The first kappa shape index (κ1) is 11.4. The number of hydrogen-bond donors (Lipinski definition) is 2. The summed E-state index contributed by atoms with van der Waals surface area (Å²) in [6.07, 6.45) is 0.927. The molecule has 4 nitrogen and oxygen atoms in total. The quantitative estimate of drug-likeness (QED) is 0.682. The summed E-state index contributed by atoms with van der Waals surface area (Å²) in [4.78, 5) is 0. The first-order chi connectivity index (χ1) is 7.78. The number of hydrogen-bond acceptors (Lipinski definition) is 4. The lowest BCUT2D eigenvalue weighted by atomic mass is 10.1. The van der Waals surface area contributed by atoms with Crippen molar-refractivity contribution < 1.29 is 14.6 Å². The van der Waals surface area contributed by atoms with Gasteiger partial charge in [0.15, 0.2) is 0 Å². The van der Waals surface area contributed by atoms with Gasteiger partial charge in [-0.1, -0.05) is 12.1 Å². The van der Waals surface area contributed by atoms with Crippen molar-refractivity contribution in [3.05, 3.63) is 29.8 Å². The van der Waals surface area contributed by atoms with Gasteiger partial charge in [-0.3, -0.25) is 0 Å². The van der Waals surface area contributed by atoms with Gasteiger partial charge in [-0.05, 0) is 24.1 Å². The van der Waals surface area contributed by atoms with Crippen LogP contribution in [0.15, 0.2) is 24.3 Å². The third-order valence-corrected chi connectivity index (χ3v) is 2.47. The lowest BCUT2D eigenvalue weighted by molar-refractivity contribution is 0.261. The van der Waals surface area contributed by atoms with Gasteiger partial charge in [0.05, 0.1) is 13.2 Å². The van der Waals surface area contributed by atoms with Crippen LogP contribution >= 0.6 is 0 Å². The van der Waals surface area contributed by atoms with Gasteiger partial charge in [0.25, 0.3) is 0 Å². The second-order valence-corrected chi connectivity index (χ2v) is 4.06. The fourth-order valence-electron chi connectivity index (χ4n) is 1.48. The Morgan fingerprint density at radius 1 is 1.56 bits per heavy atom. The Labute approximate surface area is 95.0 Å². The highest BCUT2D eigenvalue weighted by Gasteiger charge is 2.22. The van der Waals surface area contributed by atoms with Crippen molar-refractivity contribution in [1.29, 1.82) is 0 Å². The highest BCUT2D eigenvalue weighted by atomic mass is 16.6. The zero-order valence-electron chi connectivity index (χ0n) is 9.13. The highest BCUT2D eigenvalue weighted by molar-refractivity contribution is 5.29. The lowest BCUT2D eigenvalue weighted by Gasteiger charge is -2.10. The normalized spacial score (nSPS) is 20.5. The number of aliphatic hydroxyl groups is 1. The second kappa shape index (κ2) is 5.30. The van der Waals surface area contributed by atoms with Crippen molar-refractivity contribution in [1.82, 2.24) is 0 Å². The molecular weight excluding hydrogens is 206 g/mol.